The highest BCUT2D eigenvalue weighted by Crippen LogP contribution is 2.23. The molecule has 16 heavy (non-hydrogen) atoms. The van der Waals surface area contributed by atoms with E-state index in [0.29, 0.717) is 11.4 Å². The molecule has 1 aromatic rings. The smallest absolute Gasteiger partial charge is 0.290 e. The third-order valence-corrected chi connectivity index (χ3v) is 1.53. The van der Waals surface area contributed by atoms with E-state index in [2.05, 4.69) is 9.98 Å². The fourth-order valence-electron chi connectivity index (χ4n) is 0.890. The van der Waals surface area contributed by atoms with E-state index in [4.69, 9.17) is 9.90 Å². The lowest BCUT2D eigenvalue weighted by atomic mass is 10.2. The Morgan fingerprint density at radius 1 is 1.25 bits per heavy atom. The highest BCUT2D eigenvalue weighted by molar-refractivity contribution is 5.61. The molecule has 0 spiro atoms. The molecule has 1 N–H and O–H groups in total. The Hall–Kier alpha value is -2.55. The Labute approximate surface area is 91.0 Å². The van der Waals surface area contributed by atoms with Crippen molar-refractivity contribution in [2.24, 2.45) is 9.98 Å². The van der Waals surface area contributed by atoms with Gasteiger partial charge in [-0.1, -0.05) is 6.07 Å². The van der Waals surface area contributed by atoms with Crippen molar-refractivity contribution in [3.8, 4) is 0 Å². The summed E-state index contributed by atoms with van der Waals surface area (Å²) in [5.74, 6) is 0. The number of hydrogen-bond donors (Lipinski definition) is 1. The average molecular weight is 220 g/mol. The number of carbonyl (C=O) groups is 1. The zero-order valence-corrected chi connectivity index (χ0v) is 8.38. The average Bonchev–Trinajstić information content (AvgIpc) is 2.25. The van der Waals surface area contributed by atoms with Gasteiger partial charge in [0.2, 0.25) is 12.2 Å². The fraction of sp³-hybridized carbons (Fsp3) is 0.100. The minimum absolute atomic E-state index is 0.250. The number of aryl methyl sites for hydroxylation is 1. The van der Waals surface area contributed by atoms with Crippen molar-refractivity contribution in [2.45, 2.75) is 6.92 Å². The van der Waals surface area contributed by atoms with Crippen molar-refractivity contribution in [3.05, 3.63) is 23.8 Å². The van der Waals surface area contributed by atoms with Crippen LogP contribution >= 0.6 is 0 Å². The van der Waals surface area contributed by atoms with Gasteiger partial charge in [-0.05, 0) is 24.6 Å². The molecule has 0 aliphatic carbocycles. The molecule has 0 aromatic heterocycles. The standard InChI is InChI=1S/C9H6N2O2.CH2O2/c1-7-2-3-8(10-5-12)4-9(7)11-6-13;2-1-3/h2-4H,1H3;1H,(H,2,3). The van der Waals surface area contributed by atoms with Gasteiger partial charge in [-0.15, -0.1) is 0 Å². The van der Waals surface area contributed by atoms with E-state index in [1.165, 1.54) is 18.2 Å². The largest absolute Gasteiger partial charge is 0.483 e. The van der Waals surface area contributed by atoms with E-state index in [1.54, 1.807) is 19.1 Å². The second kappa shape index (κ2) is 7.82. The summed E-state index contributed by atoms with van der Waals surface area (Å²) in [5, 5.41) is 6.89. The van der Waals surface area contributed by atoms with Gasteiger partial charge in [-0.25, -0.2) is 9.59 Å². The van der Waals surface area contributed by atoms with Crippen molar-refractivity contribution in [1.82, 2.24) is 0 Å². The van der Waals surface area contributed by atoms with Gasteiger partial charge in [0.1, 0.15) is 0 Å². The number of rotatable bonds is 2. The molecule has 0 fully saturated rings. The lowest BCUT2D eigenvalue weighted by molar-refractivity contribution is -0.122. The monoisotopic (exact) mass is 220 g/mol. The van der Waals surface area contributed by atoms with Crippen LogP contribution in [0.4, 0.5) is 11.4 Å². The predicted octanol–water partition coefficient (Wildman–Crippen LogP) is 1.63. The van der Waals surface area contributed by atoms with Crippen molar-refractivity contribution >= 4 is 30.0 Å². The maximum absolute atomic E-state index is 10.00. The maximum atomic E-state index is 10.00. The van der Waals surface area contributed by atoms with E-state index < -0.39 is 0 Å². The quantitative estimate of drug-likeness (QED) is 0.465. The topological polar surface area (TPSA) is 96.2 Å². The zero-order valence-electron chi connectivity index (χ0n) is 8.38. The summed E-state index contributed by atoms with van der Waals surface area (Å²) < 4.78 is 0. The van der Waals surface area contributed by atoms with E-state index in [9.17, 15) is 9.59 Å². The molecule has 0 aliphatic rings. The number of carbonyl (C=O) groups excluding carboxylic acids is 2. The highest BCUT2D eigenvalue weighted by Gasteiger charge is 1.97. The molecular formula is C10H8N2O4. The Kier molecular flexibility index (Phi) is 6.57. The minimum atomic E-state index is -0.250. The van der Waals surface area contributed by atoms with Gasteiger partial charge in [0.15, 0.2) is 0 Å². The van der Waals surface area contributed by atoms with Crippen LogP contribution in [0.3, 0.4) is 0 Å². The van der Waals surface area contributed by atoms with Crippen LogP contribution in [-0.2, 0) is 14.4 Å². The Morgan fingerprint density at radius 2 is 1.81 bits per heavy atom. The number of hydrogen-bond acceptors (Lipinski definition) is 5. The Balaban J connectivity index is 0.000000673. The van der Waals surface area contributed by atoms with Crippen molar-refractivity contribution in [2.75, 3.05) is 0 Å². The number of aliphatic imine (C=N–C) groups is 2. The van der Waals surface area contributed by atoms with E-state index in [-0.39, 0.29) is 6.47 Å². The summed E-state index contributed by atoms with van der Waals surface area (Å²) in [5.41, 5.74) is 1.72. The Morgan fingerprint density at radius 3 is 2.31 bits per heavy atom. The molecule has 0 aliphatic heterocycles. The number of benzene rings is 1. The zero-order chi connectivity index (χ0) is 12.4. The van der Waals surface area contributed by atoms with Gasteiger partial charge in [-0.2, -0.15) is 9.98 Å². The molecule has 0 heterocycles. The molecule has 0 saturated heterocycles. The van der Waals surface area contributed by atoms with Crippen LogP contribution < -0.4 is 0 Å². The van der Waals surface area contributed by atoms with Crippen LogP contribution in [0.1, 0.15) is 5.56 Å². The number of carboxylic acid groups (broad SMARTS) is 1. The van der Waals surface area contributed by atoms with E-state index in [0.717, 1.165) is 5.56 Å². The first-order chi connectivity index (χ1) is 7.69. The fourth-order valence-corrected chi connectivity index (χ4v) is 0.890. The Bertz CT molecular complexity index is 458. The minimum Gasteiger partial charge on any atom is -0.483 e. The van der Waals surface area contributed by atoms with Crippen LogP contribution in [0.15, 0.2) is 28.2 Å². The van der Waals surface area contributed by atoms with Crippen LogP contribution in [0.2, 0.25) is 0 Å². The first-order valence-electron chi connectivity index (χ1n) is 4.03. The van der Waals surface area contributed by atoms with Gasteiger partial charge >= 0.3 is 0 Å². The summed E-state index contributed by atoms with van der Waals surface area (Å²) in [4.78, 5) is 35.1. The molecule has 0 saturated carbocycles. The molecule has 6 nitrogen and oxygen atoms in total. The summed E-state index contributed by atoms with van der Waals surface area (Å²) in [6.45, 7) is 1.55. The summed E-state index contributed by atoms with van der Waals surface area (Å²) in [7, 11) is 0. The molecule has 0 unspecified atom stereocenters. The maximum Gasteiger partial charge on any atom is 0.290 e. The van der Waals surface area contributed by atoms with Crippen LogP contribution in [-0.4, -0.2) is 23.7 Å². The van der Waals surface area contributed by atoms with Gasteiger partial charge < -0.3 is 5.11 Å². The number of isocyanates is 2. The van der Waals surface area contributed by atoms with Gasteiger partial charge in [0, 0.05) is 0 Å². The summed E-state index contributed by atoms with van der Waals surface area (Å²) in [6.07, 6.45) is 2.84. The summed E-state index contributed by atoms with van der Waals surface area (Å²) in [6, 6.07) is 4.88. The lowest BCUT2D eigenvalue weighted by Gasteiger charge is -1.97. The third-order valence-electron chi connectivity index (χ3n) is 1.53. The lowest BCUT2D eigenvalue weighted by Crippen LogP contribution is -1.73. The number of nitrogens with zero attached hydrogens (tertiary/aromatic N) is 2. The molecule has 0 amide bonds. The molecular weight excluding hydrogens is 212 g/mol. The molecule has 1 aromatic carbocycles. The van der Waals surface area contributed by atoms with Crippen LogP contribution in [0, 0.1) is 6.92 Å². The highest BCUT2D eigenvalue weighted by atomic mass is 16.3. The second-order valence-electron chi connectivity index (χ2n) is 2.48. The van der Waals surface area contributed by atoms with Gasteiger partial charge in [0.05, 0.1) is 11.4 Å². The predicted molar refractivity (Wildman–Crippen MR) is 55.4 cm³/mol. The first kappa shape index (κ1) is 13.4. The summed E-state index contributed by atoms with van der Waals surface area (Å²) >= 11 is 0. The SMILES string of the molecule is Cc1ccc(N=C=O)cc1N=C=O.O=CO. The van der Waals surface area contributed by atoms with E-state index in [1.807, 2.05) is 0 Å². The van der Waals surface area contributed by atoms with Crippen molar-refractivity contribution in [3.63, 3.8) is 0 Å². The molecule has 6 heteroatoms. The molecule has 0 atom stereocenters. The molecule has 1 rings (SSSR count). The molecule has 82 valence electrons. The molecule has 0 radical (unpaired) electrons. The van der Waals surface area contributed by atoms with Gasteiger partial charge in [-0.3, -0.25) is 4.79 Å². The van der Waals surface area contributed by atoms with Crippen LogP contribution in [0.5, 0.6) is 0 Å². The normalized spacial score (nSPS) is 7.56. The van der Waals surface area contributed by atoms with Crippen LogP contribution in [0.25, 0.3) is 0 Å². The van der Waals surface area contributed by atoms with Gasteiger partial charge in [0.25, 0.3) is 6.47 Å². The van der Waals surface area contributed by atoms with E-state index >= 15 is 0 Å². The molecule has 0 bridgehead atoms. The third kappa shape index (κ3) is 4.62. The second-order valence-corrected chi connectivity index (χ2v) is 2.48. The van der Waals surface area contributed by atoms with Crippen molar-refractivity contribution in [1.29, 1.82) is 0 Å². The van der Waals surface area contributed by atoms with Crippen molar-refractivity contribution < 1.29 is 19.5 Å². The first-order valence-corrected chi connectivity index (χ1v) is 4.03.